The van der Waals surface area contributed by atoms with Gasteiger partial charge in [-0.2, -0.15) is 0 Å². The lowest BCUT2D eigenvalue weighted by molar-refractivity contribution is -0.135. The second-order valence-electron chi connectivity index (χ2n) is 3.40. The van der Waals surface area contributed by atoms with Crippen molar-refractivity contribution in [3.05, 3.63) is 0 Å². The number of nitrogens with two attached hydrogens (primary N) is 1. The SMILES string of the molecule is CC(=O)C(C(N)=O)C(=O)SN1CCOCC1. The second-order valence-corrected chi connectivity index (χ2v) is 4.50. The molecule has 0 saturated carbocycles. The van der Waals surface area contributed by atoms with Gasteiger partial charge in [0.15, 0.2) is 11.7 Å². The van der Waals surface area contributed by atoms with Crippen molar-refractivity contribution in [3.8, 4) is 0 Å². The molecule has 6 nitrogen and oxygen atoms in total. The maximum Gasteiger partial charge on any atom is 0.236 e. The Kier molecular flexibility index (Phi) is 4.91. The molecule has 0 aromatic heterocycles. The van der Waals surface area contributed by atoms with Gasteiger partial charge in [0.2, 0.25) is 11.0 Å². The number of ether oxygens (including phenoxy) is 1. The van der Waals surface area contributed by atoms with Crippen LogP contribution in [0.4, 0.5) is 0 Å². The van der Waals surface area contributed by atoms with E-state index in [4.69, 9.17) is 10.5 Å². The average Bonchev–Trinajstić information content (AvgIpc) is 2.17. The first-order valence-corrected chi connectivity index (χ1v) is 5.64. The summed E-state index contributed by atoms with van der Waals surface area (Å²) >= 11 is 0.878. The van der Waals surface area contributed by atoms with Crippen molar-refractivity contribution in [2.75, 3.05) is 26.3 Å². The zero-order valence-corrected chi connectivity index (χ0v) is 9.79. The minimum absolute atomic E-state index is 0.512. The number of carbonyl (C=O) groups is 3. The number of hydrogen-bond donors (Lipinski definition) is 1. The van der Waals surface area contributed by atoms with Gasteiger partial charge in [-0.25, -0.2) is 4.31 Å². The molecule has 0 bridgehead atoms. The topological polar surface area (TPSA) is 89.7 Å². The Balaban J connectivity index is 2.54. The number of morpholine rings is 1. The molecule has 1 atom stereocenters. The van der Waals surface area contributed by atoms with Crippen LogP contribution in [0.2, 0.25) is 0 Å². The molecule has 16 heavy (non-hydrogen) atoms. The first-order valence-electron chi connectivity index (χ1n) is 4.86. The van der Waals surface area contributed by atoms with Gasteiger partial charge in [-0.1, -0.05) is 0 Å². The lowest BCUT2D eigenvalue weighted by Crippen LogP contribution is -2.38. The Morgan fingerprint density at radius 1 is 1.31 bits per heavy atom. The molecule has 0 aliphatic carbocycles. The quantitative estimate of drug-likeness (QED) is 0.515. The fraction of sp³-hybridized carbons (Fsp3) is 0.667. The van der Waals surface area contributed by atoms with E-state index < -0.39 is 22.7 Å². The number of rotatable bonds is 4. The van der Waals surface area contributed by atoms with Crippen molar-refractivity contribution in [1.82, 2.24) is 4.31 Å². The maximum atomic E-state index is 11.7. The number of Topliss-reactive ketones (excluding diaryl/α,β-unsaturated/α-hetero) is 1. The van der Waals surface area contributed by atoms with E-state index in [-0.39, 0.29) is 0 Å². The van der Waals surface area contributed by atoms with Gasteiger partial charge in [0.25, 0.3) is 0 Å². The minimum atomic E-state index is -1.34. The highest BCUT2D eigenvalue weighted by Gasteiger charge is 2.31. The van der Waals surface area contributed by atoms with Gasteiger partial charge in [0, 0.05) is 13.1 Å². The minimum Gasteiger partial charge on any atom is -0.379 e. The van der Waals surface area contributed by atoms with Crippen LogP contribution in [0.15, 0.2) is 0 Å². The Morgan fingerprint density at radius 2 is 1.88 bits per heavy atom. The number of hydrogen-bond acceptors (Lipinski definition) is 6. The zero-order chi connectivity index (χ0) is 12.1. The normalized spacial score (nSPS) is 19.1. The highest BCUT2D eigenvalue weighted by atomic mass is 32.2. The van der Waals surface area contributed by atoms with E-state index in [1.807, 2.05) is 0 Å². The molecule has 1 rings (SSSR count). The highest BCUT2D eigenvalue weighted by Crippen LogP contribution is 2.18. The van der Waals surface area contributed by atoms with Crippen LogP contribution in [0.5, 0.6) is 0 Å². The van der Waals surface area contributed by atoms with E-state index in [9.17, 15) is 14.4 Å². The lowest BCUT2D eigenvalue weighted by Gasteiger charge is -2.25. The van der Waals surface area contributed by atoms with Crippen LogP contribution in [0, 0.1) is 5.92 Å². The summed E-state index contributed by atoms with van der Waals surface area (Å²) in [5.74, 6) is -2.75. The molecule has 1 fully saturated rings. The third-order valence-corrected chi connectivity index (χ3v) is 3.15. The summed E-state index contributed by atoms with van der Waals surface area (Å²) in [5, 5.41) is -0.512. The number of carbonyl (C=O) groups excluding carboxylic acids is 3. The van der Waals surface area contributed by atoms with E-state index in [0.717, 1.165) is 11.9 Å². The molecule has 2 N–H and O–H groups in total. The Morgan fingerprint density at radius 3 is 2.31 bits per heavy atom. The molecule has 1 aliphatic heterocycles. The van der Waals surface area contributed by atoms with Crippen molar-refractivity contribution in [3.63, 3.8) is 0 Å². The Hall–Kier alpha value is -0.920. The third-order valence-electron chi connectivity index (χ3n) is 2.12. The summed E-state index contributed by atoms with van der Waals surface area (Å²) in [6.07, 6.45) is 0. The fourth-order valence-electron chi connectivity index (χ4n) is 1.30. The lowest BCUT2D eigenvalue weighted by atomic mass is 10.1. The Bertz CT molecular complexity index is 288. The highest BCUT2D eigenvalue weighted by molar-refractivity contribution is 8.11. The van der Waals surface area contributed by atoms with Crippen LogP contribution in [0.1, 0.15) is 6.92 Å². The van der Waals surface area contributed by atoms with E-state index in [1.165, 1.54) is 6.92 Å². The average molecular weight is 246 g/mol. The molecule has 90 valence electrons. The van der Waals surface area contributed by atoms with Crippen LogP contribution in [0.3, 0.4) is 0 Å². The molecule has 1 aliphatic rings. The van der Waals surface area contributed by atoms with Gasteiger partial charge >= 0.3 is 0 Å². The van der Waals surface area contributed by atoms with Crippen molar-refractivity contribution >= 4 is 28.8 Å². The molecule has 0 spiro atoms. The summed E-state index contributed by atoms with van der Waals surface area (Å²) in [5.41, 5.74) is 5.01. The molecule has 0 radical (unpaired) electrons. The molecule has 0 aromatic rings. The summed E-state index contributed by atoms with van der Waals surface area (Å²) in [7, 11) is 0. The summed E-state index contributed by atoms with van der Waals surface area (Å²) in [4.78, 5) is 33.7. The molecule has 0 aromatic carbocycles. The number of nitrogens with zero attached hydrogens (tertiary/aromatic N) is 1. The molecule has 1 unspecified atom stereocenters. The molecule has 7 heteroatoms. The van der Waals surface area contributed by atoms with Gasteiger partial charge in [-0.3, -0.25) is 14.4 Å². The van der Waals surface area contributed by atoms with Gasteiger partial charge < -0.3 is 10.5 Å². The largest absolute Gasteiger partial charge is 0.379 e. The smallest absolute Gasteiger partial charge is 0.236 e. The first-order chi connectivity index (χ1) is 7.52. The molecular formula is C9H14N2O4S. The number of primary amides is 1. The molecule has 1 saturated heterocycles. The van der Waals surface area contributed by atoms with E-state index in [1.54, 1.807) is 4.31 Å². The third kappa shape index (κ3) is 3.58. The summed E-state index contributed by atoms with van der Waals surface area (Å²) in [6.45, 7) is 3.47. The van der Waals surface area contributed by atoms with Crippen molar-refractivity contribution in [2.24, 2.45) is 11.7 Å². The van der Waals surface area contributed by atoms with Gasteiger partial charge in [0.1, 0.15) is 0 Å². The fourth-order valence-corrected chi connectivity index (χ4v) is 2.27. The van der Waals surface area contributed by atoms with E-state index in [0.29, 0.717) is 26.3 Å². The monoisotopic (exact) mass is 246 g/mol. The predicted octanol–water partition coefficient (Wildman–Crippen LogP) is -0.816. The van der Waals surface area contributed by atoms with Crippen LogP contribution >= 0.6 is 11.9 Å². The van der Waals surface area contributed by atoms with E-state index >= 15 is 0 Å². The van der Waals surface area contributed by atoms with Crippen molar-refractivity contribution < 1.29 is 19.1 Å². The number of amides is 1. The van der Waals surface area contributed by atoms with Gasteiger partial charge in [0.05, 0.1) is 13.2 Å². The summed E-state index contributed by atoms with van der Waals surface area (Å²) in [6, 6.07) is 0. The van der Waals surface area contributed by atoms with Gasteiger partial charge in [-0.05, 0) is 18.9 Å². The summed E-state index contributed by atoms with van der Waals surface area (Å²) < 4.78 is 6.88. The van der Waals surface area contributed by atoms with E-state index in [2.05, 4.69) is 0 Å². The number of ketones is 1. The predicted molar refractivity (Wildman–Crippen MR) is 58.4 cm³/mol. The van der Waals surface area contributed by atoms with Crippen LogP contribution < -0.4 is 5.73 Å². The van der Waals surface area contributed by atoms with Crippen LogP contribution in [-0.4, -0.2) is 47.4 Å². The van der Waals surface area contributed by atoms with Crippen LogP contribution in [0.25, 0.3) is 0 Å². The second kappa shape index (κ2) is 5.97. The Labute approximate surface area is 97.6 Å². The van der Waals surface area contributed by atoms with Crippen molar-refractivity contribution in [2.45, 2.75) is 6.92 Å². The van der Waals surface area contributed by atoms with Crippen molar-refractivity contribution in [1.29, 1.82) is 0 Å². The first kappa shape index (κ1) is 13.1. The molecule has 1 heterocycles. The zero-order valence-electron chi connectivity index (χ0n) is 8.97. The standard InChI is InChI=1S/C9H14N2O4S/c1-6(12)7(8(10)13)9(14)16-11-2-4-15-5-3-11/h7H,2-5H2,1H3,(H2,10,13). The van der Waals surface area contributed by atoms with Gasteiger partial charge in [-0.15, -0.1) is 0 Å². The maximum absolute atomic E-state index is 11.7. The van der Waals surface area contributed by atoms with Crippen LogP contribution in [-0.2, 0) is 19.1 Å². The molecular weight excluding hydrogens is 232 g/mol. The molecule has 1 amide bonds.